The fourth-order valence-electron chi connectivity index (χ4n) is 2.59. The summed E-state index contributed by atoms with van der Waals surface area (Å²) in [6.45, 7) is 13.3. The first kappa shape index (κ1) is 14.8. The highest BCUT2D eigenvalue weighted by Gasteiger charge is 2.18. The fraction of sp³-hybridized carbons (Fsp3) is 0.471. The van der Waals surface area contributed by atoms with Gasteiger partial charge in [0.1, 0.15) is 5.82 Å². The van der Waals surface area contributed by atoms with Crippen LogP contribution >= 0.6 is 0 Å². The summed E-state index contributed by atoms with van der Waals surface area (Å²) in [6, 6.07) is 6.35. The van der Waals surface area contributed by atoms with Crippen LogP contribution in [-0.2, 0) is 6.54 Å². The second-order valence-corrected chi connectivity index (χ2v) is 6.24. The fourth-order valence-corrected chi connectivity index (χ4v) is 2.59. The van der Waals surface area contributed by atoms with Crippen molar-refractivity contribution in [1.29, 1.82) is 0 Å². The number of hydrogen-bond acceptors (Lipinski definition) is 2. The zero-order chi connectivity index (χ0) is 14.9. The maximum absolute atomic E-state index is 6.36. The van der Waals surface area contributed by atoms with Crippen molar-refractivity contribution in [3.63, 3.8) is 0 Å². The van der Waals surface area contributed by atoms with Gasteiger partial charge in [-0.15, -0.1) is 0 Å². The first-order chi connectivity index (χ1) is 9.38. The molecule has 0 amide bonds. The van der Waals surface area contributed by atoms with Crippen LogP contribution in [0.2, 0.25) is 0 Å². The molecule has 3 heteroatoms. The number of fused-ring (bicyclic) bond motifs is 1. The summed E-state index contributed by atoms with van der Waals surface area (Å²) in [7, 11) is 0. The normalized spacial score (nSPS) is 13.1. The summed E-state index contributed by atoms with van der Waals surface area (Å²) in [6.07, 6.45) is 0.943. The highest BCUT2D eigenvalue weighted by molar-refractivity contribution is 5.77. The van der Waals surface area contributed by atoms with Gasteiger partial charge in [-0.2, -0.15) is 0 Å². The van der Waals surface area contributed by atoms with Crippen molar-refractivity contribution in [2.75, 3.05) is 0 Å². The maximum atomic E-state index is 6.36. The number of allylic oxidation sites excluding steroid dienone is 1. The molecule has 2 N–H and O–H groups in total. The number of imidazole rings is 1. The molecule has 3 nitrogen and oxygen atoms in total. The van der Waals surface area contributed by atoms with Crippen LogP contribution in [0.1, 0.15) is 44.6 Å². The molecule has 0 saturated heterocycles. The minimum absolute atomic E-state index is 0.0259. The molecule has 0 radical (unpaired) electrons. The zero-order valence-electron chi connectivity index (χ0n) is 13.0. The first-order valence-electron chi connectivity index (χ1n) is 7.25. The van der Waals surface area contributed by atoms with Crippen molar-refractivity contribution < 1.29 is 0 Å². The van der Waals surface area contributed by atoms with Crippen LogP contribution in [0.4, 0.5) is 0 Å². The summed E-state index contributed by atoms with van der Waals surface area (Å²) >= 11 is 0. The molecule has 1 heterocycles. The van der Waals surface area contributed by atoms with Crippen LogP contribution in [0, 0.1) is 12.8 Å². The van der Waals surface area contributed by atoms with Gasteiger partial charge >= 0.3 is 0 Å². The number of nitrogens with two attached hydrogens (primary N) is 1. The number of aromatic nitrogens is 2. The van der Waals surface area contributed by atoms with Gasteiger partial charge in [0.2, 0.25) is 0 Å². The van der Waals surface area contributed by atoms with E-state index in [-0.39, 0.29) is 6.04 Å². The Kier molecular flexibility index (Phi) is 4.29. The molecule has 108 valence electrons. The molecule has 0 aliphatic carbocycles. The third kappa shape index (κ3) is 3.10. The van der Waals surface area contributed by atoms with Gasteiger partial charge in [-0.25, -0.2) is 4.98 Å². The Labute approximate surface area is 121 Å². The van der Waals surface area contributed by atoms with Crippen LogP contribution in [0.5, 0.6) is 0 Å². The SMILES string of the molecule is C=C(C)Cn1c(C(N)CC(C)C)nc2cc(C)ccc21. The zero-order valence-corrected chi connectivity index (χ0v) is 13.0. The monoisotopic (exact) mass is 271 g/mol. The van der Waals surface area contributed by atoms with E-state index in [2.05, 4.69) is 50.1 Å². The van der Waals surface area contributed by atoms with E-state index < -0.39 is 0 Å². The minimum Gasteiger partial charge on any atom is -0.323 e. The second-order valence-electron chi connectivity index (χ2n) is 6.24. The molecule has 1 unspecified atom stereocenters. The van der Waals surface area contributed by atoms with Crippen molar-refractivity contribution in [1.82, 2.24) is 9.55 Å². The number of benzene rings is 1. The van der Waals surface area contributed by atoms with Crippen LogP contribution in [-0.4, -0.2) is 9.55 Å². The predicted molar refractivity (Wildman–Crippen MR) is 85.7 cm³/mol. The number of hydrogen-bond donors (Lipinski definition) is 1. The standard InChI is InChI=1S/C17H25N3/c1-11(2)8-14(18)17-19-15-9-13(5)6-7-16(15)20(17)10-12(3)4/h6-7,9,11,14H,3,8,10,18H2,1-2,4-5H3. The Morgan fingerprint density at radius 1 is 1.40 bits per heavy atom. The smallest absolute Gasteiger partial charge is 0.127 e. The third-order valence-corrected chi connectivity index (χ3v) is 3.42. The van der Waals surface area contributed by atoms with Crippen molar-refractivity contribution >= 4 is 11.0 Å². The average molecular weight is 271 g/mol. The lowest BCUT2D eigenvalue weighted by Crippen LogP contribution is -2.19. The Bertz CT molecular complexity index is 622. The summed E-state index contributed by atoms with van der Waals surface area (Å²) in [5, 5.41) is 0. The molecule has 2 rings (SSSR count). The van der Waals surface area contributed by atoms with Crippen molar-refractivity contribution in [2.24, 2.45) is 11.7 Å². The highest BCUT2D eigenvalue weighted by atomic mass is 15.1. The molecule has 1 aromatic heterocycles. The van der Waals surface area contributed by atoms with E-state index in [1.807, 2.05) is 6.92 Å². The maximum Gasteiger partial charge on any atom is 0.127 e. The Hall–Kier alpha value is -1.61. The van der Waals surface area contributed by atoms with Gasteiger partial charge in [0.15, 0.2) is 0 Å². The molecular formula is C17H25N3. The van der Waals surface area contributed by atoms with Gasteiger partial charge in [0.05, 0.1) is 17.1 Å². The Morgan fingerprint density at radius 2 is 2.10 bits per heavy atom. The predicted octanol–water partition coefficient (Wildman–Crippen LogP) is 3.97. The van der Waals surface area contributed by atoms with E-state index in [0.29, 0.717) is 5.92 Å². The van der Waals surface area contributed by atoms with Gasteiger partial charge in [-0.3, -0.25) is 0 Å². The summed E-state index contributed by atoms with van der Waals surface area (Å²) in [5.74, 6) is 1.53. The number of aryl methyl sites for hydroxylation is 1. The molecule has 1 aromatic carbocycles. The molecule has 0 saturated carbocycles. The van der Waals surface area contributed by atoms with E-state index >= 15 is 0 Å². The highest BCUT2D eigenvalue weighted by Crippen LogP contribution is 2.25. The van der Waals surface area contributed by atoms with E-state index in [1.54, 1.807) is 0 Å². The molecule has 0 aliphatic rings. The molecule has 0 spiro atoms. The Balaban J connectivity index is 2.53. The number of nitrogens with zero attached hydrogens (tertiary/aromatic N) is 2. The largest absolute Gasteiger partial charge is 0.323 e. The summed E-state index contributed by atoms with van der Waals surface area (Å²) < 4.78 is 2.21. The van der Waals surface area contributed by atoms with Crippen molar-refractivity contribution in [3.05, 3.63) is 41.7 Å². The molecule has 20 heavy (non-hydrogen) atoms. The van der Waals surface area contributed by atoms with Gasteiger partial charge in [-0.1, -0.05) is 32.1 Å². The van der Waals surface area contributed by atoms with E-state index in [4.69, 9.17) is 10.7 Å². The molecular weight excluding hydrogens is 246 g/mol. The molecule has 1 atom stereocenters. The number of rotatable bonds is 5. The van der Waals surface area contributed by atoms with E-state index in [9.17, 15) is 0 Å². The van der Waals surface area contributed by atoms with Crippen LogP contribution in [0.3, 0.4) is 0 Å². The van der Waals surface area contributed by atoms with E-state index in [1.165, 1.54) is 5.56 Å². The molecule has 2 aromatic rings. The van der Waals surface area contributed by atoms with Crippen molar-refractivity contribution in [2.45, 2.75) is 46.7 Å². The van der Waals surface area contributed by atoms with Crippen LogP contribution < -0.4 is 5.73 Å². The minimum atomic E-state index is -0.0259. The quantitative estimate of drug-likeness (QED) is 0.836. The van der Waals surface area contributed by atoms with Gasteiger partial charge in [0.25, 0.3) is 0 Å². The third-order valence-electron chi connectivity index (χ3n) is 3.42. The Morgan fingerprint density at radius 3 is 2.70 bits per heavy atom. The lowest BCUT2D eigenvalue weighted by molar-refractivity contribution is 0.481. The molecule has 0 fully saturated rings. The second kappa shape index (κ2) is 5.80. The summed E-state index contributed by atoms with van der Waals surface area (Å²) in [5.41, 5.74) is 10.9. The van der Waals surface area contributed by atoms with Crippen LogP contribution in [0.25, 0.3) is 11.0 Å². The first-order valence-corrected chi connectivity index (χ1v) is 7.25. The lowest BCUT2D eigenvalue weighted by Gasteiger charge is -2.16. The average Bonchev–Trinajstić information content (AvgIpc) is 2.65. The molecule has 0 bridgehead atoms. The van der Waals surface area contributed by atoms with Gasteiger partial charge in [-0.05, 0) is 43.9 Å². The van der Waals surface area contributed by atoms with Crippen molar-refractivity contribution in [3.8, 4) is 0 Å². The van der Waals surface area contributed by atoms with Gasteiger partial charge < -0.3 is 10.3 Å². The van der Waals surface area contributed by atoms with Gasteiger partial charge in [0, 0.05) is 6.54 Å². The summed E-state index contributed by atoms with van der Waals surface area (Å²) in [4.78, 5) is 4.78. The lowest BCUT2D eigenvalue weighted by atomic mass is 10.0. The molecule has 0 aliphatic heterocycles. The van der Waals surface area contributed by atoms with Crippen LogP contribution in [0.15, 0.2) is 30.4 Å². The topological polar surface area (TPSA) is 43.8 Å². The van der Waals surface area contributed by atoms with E-state index in [0.717, 1.165) is 35.4 Å².